The van der Waals surface area contributed by atoms with Gasteiger partial charge in [-0.15, -0.1) is 0 Å². The van der Waals surface area contributed by atoms with E-state index in [1.54, 1.807) is 0 Å². The first kappa shape index (κ1) is 74.4. The van der Waals surface area contributed by atoms with Gasteiger partial charge < -0.3 is 39.0 Å². The van der Waals surface area contributed by atoms with E-state index in [0.29, 0.717) is 19.3 Å². The van der Waals surface area contributed by atoms with Crippen molar-refractivity contribution in [1.82, 2.24) is 0 Å². The zero-order valence-electron chi connectivity index (χ0n) is 50.7. The van der Waals surface area contributed by atoms with Crippen molar-refractivity contribution in [2.75, 3.05) is 13.2 Å². The quantitative estimate of drug-likeness (QED) is 0.0228. The van der Waals surface area contributed by atoms with Crippen LogP contribution in [0, 0.1) is 0 Å². The van der Waals surface area contributed by atoms with E-state index in [1.807, 2.05) is 0 Å². The number of aliphatic hydroxyl groups excluding tert-OH is 2. The van der Waals surface area contributed by atoms with Gasteiger partial charge in [-0.05, 0) is 122 Å². The maximum Gasteiger partial charge on any atom is 0.335 e. The van der Waals surface area contributed by atoms with Crippen molar-refractivity contribution < 1.29 is 58.2 Å². The molecule has 12 heteroatoms. The summed E-state index contributed by atoms with van der Waals surface area (Å²) < 4.78 is 28.5. The van der Waals surface area contributed by atoms with Gasteiger partial charge in [-0.25, -0.2) is 4.79 Å². The van der Waals surface area contributed by atoms with E-state index >= 15 is 0 Å². The summed E-state index contributed by atoms with van der Waals surface area (Å²) in [5.41, 5.74) is 0. The summed E-state index contributed by atoms with van der Waals surface area (Å²) in [6, 6.07) is 0. The van der Waals surface area contributed by atoms with E-state index < -0.39 is 67.3 Å². The predicted octanol–water partition coefficient (Wildman–Crippen LogP) is 17.0. The third kappa shape index (κ3) is 45.6. The highest BCUT2D eigenvalue weighted by Crippen LogP contribution is 2.26. The smallest absolute Gasteiger partial charge is 0.335 e. The lowest BCUT2D eigenvalue weighted by Gasteiger charge is -2.40. The molecular weight excluding hydrogens is 1020 g/mol. The molecule has 1 fully saturated rings. The number of ether oxygens (including phenoxy) is 5. The molecule has 0 aliphatic carbocycles. The number of carbonyl (C=O) groups is 4. The lowest BCUT2D eigenvalue weighted by atomic mass is 9.98. The number of aliphatic hydroxyl groups is 2. The summed E-state index contributed by atoms with van der Waals surface area (Å²) in [4.78, 5) is 51.3. The summed E-state index contributed by atoms with van der Waals surface area (Å²) in [5, 5.41) is 31.6. The molecule has 460 valence electrons. The normalized spacial score (nSPS) is 18.5. The fourth-order valence-corrected chi connectivity index (χ4v) is 8.99. The van der Waals surface area contributed by atoms with Gasteiger partial charge in [-0.2, -0.15) is 0 Å². The summed E-state index contributed by atoms with van der Waals surface area (Å²) in [6.07, 6.45) is 63.2. The Kier molecular flexibility index (Phi) is 51.3. The molecule has 12 nitrogen and oxygen atoms in total. The minimum absolute atomic E-state index is 0.0431. The highest BCUT2D eigenvalue weighted by atomic mass is 16.7. The largest absolute Gasteiger partial charge is 0.479 e. The Morgan fingerprint density at radius 1 is 0.420 bits per heavy atom. The fraction of sp³-hybridized carbons (Fsp3) is 0.681. The molecule has 3 N–H and O–H groups in total. The average molecular weight is 1130 g/mol. The number of carboxylic acids is 1. The summed E-state index contributed by atoms with van der Waals surface area (Å²) in [5.74, 6) is -3.18. The highest BCUT2D eigenvalue weighted by Gasteiger charge is 2.50. The molecular formula is C69H112O12. The minimum atomic E-state index is -1.92. The second kappa shape index (κ2) is 55.9. The molecule has 6 atom stereocenters. The highest BCUT2D eigenvalue weighted by molar-refractivity contribution is 5.74. The van der Waals surface area contributed by atoms with Gasteiger partial charge in [0.05, 0.1) is 6.61 Å². The lowest BCUT2D eigenvalue weighted by molar-refractivity contribution is -0.301. The standard InChI is InChI=1S/C69H112O12/c1-4-7-10-13-16-19-22-25-28-31-34-37-40-43-46-49-52-55-61(70)77-58-60(79-62(71)56-53-50-47-44-41-38-35-32-29-26-23-20-17-14-11-8-5-2)59-78-69-67(65(74)64(73)66(81-69)68(75)76)80-63(72)57-54-51-48-45-42-39-36-33-30-27-24-21-18-15-12-9-6-3/h7-8,10-11,16-21,25-30,34,37,60,64-67,69,73-74H,4-6,9,12-15,22-24,31-33,35-36,38-59H2,1-3H3,(H,75,76)/b10-7-,11-8-,19-16-,20-17-,21-18-,28-25-,29-26-,30-27-,37-34-. The van der Waals surface area contributed by atoms with Gasteiger partial charge in [0, 0.05) is 19.3 Å². The number of esters is 3. The maximum atomic E-state index is 13.2. The minimum Gasteiger partial charge on any atom is -0.479 e. The molecule has 0 aromatic heterocycles. The first-order chi connectivity index (χ1) is 39.6. The van der Waals surface area contributed by atoms with Crippen molar-refractivity contribution in [2.45, 2.75) is 289 Å². The van der Waals surface area contributed by atoms with Gasteiger partial charge in [0.15, 0.2) is 24.6 Å². The van der Waals surface area contributed by atoms with Crippen LogP contribution in [0.2, 0.25) is 0 Å². The van der Waals surface area contributed by atoms with Crippen LogP contribution in [-0.4, -0.2) is 89.2 Å². The van der Waals surface area contributed by atoms with Crippen LogP contribution in [0.1, 0.15) is 252 Å². The fourth-order valence-electron chi connectivity index (χ4n) is 8.99. The molecule has 1 heterocycles. The number of allylic oxidation sites excluding steroid dienone is 18. The molecule has 0 spiro atoms. The number of carboxylic acid groups (broad SMARTS) is 1. The molecule has 0 saturated carbocycles. The Bertz CT molecular complexity index is 1820. The van der Waals surface area contributed by atoms with Crippen LogP contribution in [0.3, 0.4) is 0 Å². The molecule has 0 aromatic rings. The van der Waals surface area contributed by atoms with Crippen molar-refractivity contribution in [3.8, 4) is 0 Å². The average Bonchev–Trinajstić information content (AvgIpc) is 3.53. The van der Waals surface area contributed by atoms with Gasteiger partial charge in [0.1, 0.15) is 18.8 Å². The Balaban J connectivity index is 2.70. The van der Waals surface area contributed by atoms with Crippen LogP contribution in [0.15, 0.2) is 109 Å². The Labute approximate surface area is 491 Å². The van der Waals surface area contributed by atoms with Gasteiger partial charge in [-0.3, -0.25) is 14.4 Å². The molecule has 0 radical (unpaired) electrons. The van der Waals surface area contributed by atoms with E-state index in [1.165, 1.54) is 19.3 Å². The van der Waals surface area contributed by atoms with Crippen LogP contribution >= 0.6 is 0 Å². The van der Waals surface area contributed by atoms with E-state index in [2.05, 4.69) is 130 Å². The number of hydrogen-bond acceptors (Lipinski definition) is 11. The van der Waals surface area contributed by atoms with E-state index in [-0.39, 0.29) is 25.9 Å². The van der Waals surface area contributed by atoms with Crippen molar-refractivity contribution >= 4 is 23.9 Å². The zero-order chi connectivity index (χ0) is 58.9. The Hall–Kier alpha value is -4.62. The van der Waals surface area contributed by atoms with E-state index in [9.17, 15) is 34.5 Å². The topological polar surface area (TPSA) is 175 Å². The molecule has 1 saturated heterocycles. The summed E-state index contributed by atoms with van der Waals surface area (Å²) >= 11 is 0. The SMILES string of the molecule is CC/C=C\C/C=C\C/C=C\C/C=C\CCCCCCC(=O)OCC(COC1OC(C(=O)O)C(O)C(O)C1OC(=O)CCCCCCCCC/C=C\C/C=C\CCCCC)OC(=O)CCCCCCCCC/C=C\C/C=C\C/C=C\CC. The molecule has 0 amide bonds. The van der Waals surface area contributed by atoms with E-state index in [0.717, 1.165) is 173 Å². The number of aliphatic carboxylic acids is 1. The molecule has 1 aliphatic rings. The maximum absolute atomic E-state index is 13.2. The van der Waals surface area contributed by atoms with E-state index in [4.69, 9.17) is 23.7 Å². The second-order valence-corrected chi connectivity index (χ2v) is 21.3. The van der Waals surface area contributed by atoms with Crippen LogP contribution in [0.4, 0.5) is 0 Å². The van der Waals surface area contributed by atoms with Gasteiger partial charge in [0.25, 0.3) is 0 Å². The van der Waals surface area contributed by atoms with Crippen LogP contribution in [-0.2, 0) is 42.9 Å². The number of carbonyl (C=O) groups excluding carboxylic acids is 3. The summed E-state index contributed by atoms with van der Waals surface area (Å²) in [7, 11) is 0. The third-order valence-electron chi connectivity index (χ3n) is 13.8. The Morgan fingerprint density at radius 3 is 1.19 bits per heavy atom. The second-order valence-electron chi connectivity index (χ2n) is 21.3. The predicted molar refractivity (Wildman–Crippen MR) is 330 cm³/mol. The zero-order valence-corrected chi connectivity index (χ0v) is 50.7. The number of hydrogen-bond donors (Lipinski definition) is 3. The van der Waals surface area contributed by atoms with Crippen molar-refractivity contribution in [2.24, 2.45) is 0 Å². The van der Waals surface area contributed by atoms with Crippen molar-refractivity contribution in [3.63, 3.8) is 0 Å². The third-order valence-corrected chi connectivity index (χ3v) is 13.8. The van der Waals surface area contributed by atoms with Crippen LogP contribution in [0.25, 0.3) is 0 Å². The molecule has 81 heavy (non-hydrogen) atoms. The van der Waals surface area contributed by atoms with Crippen LogP contribution < -0.4 is 0 Å². The van der Waals surface area contributed by atoms with Crippen molar-refractivity contribution in [3.05, 3.63) is 109 Å². The first-order valence-electron chi connectivity index (χ1n) is 31.9. The molecule has 1 rings (SSSR count). The van der Waals surface area contributed by atoms with Gasteiger partial charge >= 0.3 is 23.9 Å². The first-order valence-corrected chi connectivity index (χ1v) is 31.9. The van der Waals surface area contributed by atoms with Gasteiger partial charge in [0.2, 0.25) is 0 Å². The molecule has 1 aliphatic heterocycles. The van der Waals surface area contributed by atoms with Crippen molar-refractivity contribution in [1.29, 1.82) is 0 Å². The number of rotatable bonds is 53. The van der Waals surface area contributed by atoms with Gasteiger partial charge in [-0.1, -0.05) is 220 Å². The molecule has 0 bridgehead atoms. The molecule has 6 unspecified atom stereocenters. The summed E-state index contributed by atoms with van der Waals surface area (Å²) in [6.45, 7) is 5.72. The molecule has 0 aromatic carbocycles. The lowest BCUT2D eigenvalue weighted by Crippen LogP contribution is -2.61. The Morgan fingerprint density at radius 2 is 0.778 bits per heavy atom. The monoisotopic (exact) mass is 1130 g/mol. The van der Waals surface area contributed by atoms with Crippen LogP contribution in [0.5, 0.6) is 0 Å². The number of unbranched alkanes of at least 4 members (excludes halogenated alkanes) is 21.